The molecule has 1 amide bonds. The molecule has 2 aliphatic rings. The second-order valence-corrected chi connectivity index (χ2v) is 5.97. The zero-order valence-corrected chi connectivity index (χ0v) is 12.1. The summed E-state index contributed by atoms with van der Waals surface area (Å²) in [4.78, 5) is 14.4. The maximum Gasteiger partial charge on any atom is 0.225 e. The first-order valence-electron chi connectivity index (χ1n) is 7.85. The normalized spacial score (nSPS) is 32.3. The van der Waals surface area contributed by atoms with Crippen LogP contribution in [0.4, 0.5) is 0 Å². The quantitative estimate of drug-likeness (QED) is 0.847. The minimum Gasteiger partial charge on any atom is -0.378 e. The summed E-state index contributed by atoms with van der Waals surface area (Å²) in [5.41, 5.74) is 5.86. The summed E-state index contributed by atoms with van der Waals surface area (Å²) in [5, 5.41) is 0. The van der Waals surface area contributed by atoms with Crippen LogP contribution in [0.2, 0.25) is 0 Å². The van der Waals surface area contributed by atoms with Crippen molar-refractivity contribution in [2.24, 2.45) is 11.7 Å². The number of hydrogen-bond donors (Lipinski definition) is 1. The lowest BCUT2D eigenvalue weighted by Gasteiger charge is -2.39. The SMILES string of the molecule is CCC1CCN(C(=O)CC2CCCCO2)C(CN)C1. The average Bonchev–Trinajstić information content (AvgIpc) is 2.47. The van der Waals surface area contributed by atoms with Crippen molar-refractivity contribution in [1.29, 1.82) is 0 Å². The van der Waals surface area contributed by atoms with E-state index < -0.39 is 0 Å². The Kier molecular flexibility index (Phi) is 5.64. The predicted molar refractivity (Wildman–Crippen MR) is 75.8 cm³/mol. The lowest BCUT2D eigenvalue weighted by atomic mass is 9.88. The van der Waals surface area contributed by atoms with E-state index in [1.807, 2.05) is 4.90 Å². The van der Waals surface area contributed by atoms with E-state index in [1.165, 1.54) is 12.8 Å². The first-order chi connectivity index (χ1) is 9.24. The molecule has 0 spiro atoms. The minimum atomic E-state index is 0.142. The molecule has 2 saturated heterocycles. The van der Waals surface area contributed by atoms with Gasteiger partial charge in [0.2, 0.25) is 5.91 Å². The highest BCUT2D eigenvalue weighted by molar-refractivity contribution is 5.77. The first-order valence-corrected chi connectivity index (χ1v) is 7.85. The smallest absolute Gasteiger partial charge is 0.225 e. The van der Waals surface area contributed by atoms with Crippen LogP contribution in [0.15, 0.2) is 0 Å². The lowest BCUT2D eigenvalue weighted by Crippen LogP contribution is -2.50. The molecule has 3 atom stereocenters. The molecule has 0 aliphatic carbocycles. The van der Waals surface area contributed by atoms with Crippen molar-refractivity contribution in [3.05, 3.63) is 0 Å². The summed E-state index contributed by atoms with van der Waals surface area (Å²) in [5.74, 6) is 0.987. The third kappa shape index (κ3) is 3.93. The molecule has 4 heteroatoms. The Hall–Kier alpha value is -0.610. The fraction of sp³-hybridized carbons (Fsp3) is 0.933. The number of nitrogens with two attached hydrogens (primary N) is 1. The average molecular weight is 268 g/mol. The highest BCUT2D eigenvalue weighted by Crippen LogP contribution is 2.26. The van der Waals surface area contributed by atoms with Crippen molar-refractivity contribution >= 4 is 5.91 Å². The van der Waals surface area contributed by atoms with Crippen LogP contribution in [-0.4, -0.2) is 42.6 Å². The number of amides is 1. The number of rotatable bonds is 4. The lowest BCUT2D eigenvalue weighted by molar-refractivity contribution is -0.139. The molecular formula is C15H28N2O2. The molecular weight excluding hydrogens is 240 g/mol. The summed E-state index contributed by atoms with van der Waals surface area (Å²) in [6, 6.07) is 0.245. The molecule has 2 fully saturated rings. The molecule has 2 rings (SSSR count). The van der Waals surface area contributed by atoms with Crippen LogP contribution < -0.4 is 5.73 Å². The fourth-order valence-electron chi connectivity index (χ4n) is 3.34. The van der Waals surface area contributed by atoms with Crippen LogP contribution >= 0.6 is 0 Å². The number of nitrogens with zero attached hydrogens (tertiary/aromatic N) is 1. The molecule has 110 valence electrons. The van der Waals surface area contributed by atoms with E-state index in [4.69, 9.17) is 10.5 Å². The van der Waals surface area contributed by atoms with Crippen molar-refractivity contribution in [2.45, 2.75) is 64.0 Å². The van der Waals surface area contributed by atoms with Crippen LogP contribution in [-0.2, 0) is 9.53 Å². The first kappa shape index (κ1) is 14.8. The van der Waals surface area contributed by atoms with Crippen molar-refractivity contribution < 1.29 is 9.53 Å². The topological polar surface area (TPSA) is 55.6 Å². The molecule has 3 unspecified atom stereocenters. The molecule has 2 N–H and O–H groups in total. The van der Waals surface area contributed by atoms with Crippen LogP contribution in [0.1, 0.15) is 51.9 Å². The molecule has 0 aromatic rings. The zero-order valence-electron chi connectivity index (χ0n) is 12.1. The van der Waals surface area contributed by atoms with Gasteiger partial charge in [-0.1, -0.05) is 13.3 Å². The van der Waals surface area contributed by atoms with E-state index >= 15 is 0 Å². The van der Waals surface area contributed by atoms with E-state index in [9.17, 15) is 4.79 Å². The van der Waals surface area contributed by atoms with Gasteiger partial charge in [-0.3, -0.25) is 4.79 Å². The van der Waals surface area contributed by atoms with Gasteiger partial charge in [0.1, 0.15) is 0 Å². The highest BCUT2D eigenvalue weighted by atomic mass is 16.5. The summed E-state index contributed by atoms with van der Waals surface area (Å²) in [6.45, 7) is 4.52. The van der Waals surface area contributed by atoms with Gasteiger partial charge in [-0.05, 0) is 38.0 Å². The molecule has 2 aliphatic heterocycles. The molecule has 19 heavy (non-hydrogen) atoms. The fourth-order valence-corrected chi connectivity index (χ4v) is 3.34. The Morgan fingerprint density at radius 2 is 2.21 bits per heavy atom. The Morgan fingerprint density at radius 3 is 2.84 bits per heavy atom. The van der Waals surface area contributed by atoms with Crippen LogP contribution in [0.5, 0.6) is 0 Å². The van der Waals surface area contributed by atoms with Crippen molar-refractivity contribution in [1.82, 2.24) is 4.90 Å². The molecule has 0 aromatic heterocycles. The zero-order chi connectivity index (χ0) is 13.7. The molecule has 2 heterocycles. The Balaban J connectivity index is 1.86. The largest absolute Gasteiger partial charge is 0.378 e. The van der Waals surface area contributed by atoms with Gasteiger partial charge in [0, 0.05) is 25.7 Å². The van der Waals surface area contributed by atoms with Crippen molar-refractivity contribution in [3.8, 4) is 0 Å². The maximum atomic E-state index is 12.4. The van der Waals surface area contributed by atoms with Gasteiger partial charge < -0.3 is 15.4 Å². The van der Waals surface area contributed by atoms with Gasteiger partial charge in [-0.2, -0.15) is 0 Å². The highest BCUT2D eigenvalue weighted by Gasteiger charge is 2.31. The number of ether oxygens (including phenoxy) is 1. The van der Waals surface area contributed by atoms with Gasteiger partial charge in [0.15, 0.2) is 0 Å². The monoisotopic (exact) mass is 268 g/mol. The minimum absolute atomic E-state index is 0.142. The Bertz CT molecular complexity index is 290. The van der Waals surface area contributed by atoms with E-state index in [0.717, 1.165) is 44.8 Å². The van der Waals surface area contributed by atoms with Crippen molar-refractivity contribution in [2.75, 3.05) is 19.7 Å². The van der Waals surface area contributed by atoms with Crippen LogP contribution in [0.3, 0.4) is 0 Å². The second kappa shape index (κ2) is 7.25. The van der Waals surface area contributed by atoms with E-state index in [2.05, 4.69) is 6.92 Å². The summed E-state index contributed by atoms with van der Waals surface area (Å²) in [7, 11) is 0. The molecule has 0 saturated carbocycles. The maximum absolute atomic E-state index is 12.4. The third-order valence-corrected chi connectivity index (χ3v) is 4.67. The molecule has 4 nitrogen and oxygen atoms in total. The van der Waals surface area contributed by atoms with E-state index in [0.29, 0.717) is 13.0 Å². The van der Waals surface area contributed by atoms with Gasteiger partial charge >= 0.3 is 0 Å². The summed E-state index contributed by atoms with van der Waals surface area (Å²) >= 11 is 0. The summed E-state index contributed by atoms with van der Waals surface area (Å²) in [6.07, 6.45) is 7.45. The number of carbonyl (C=O) groups excluding carboxylic acids is 1. The molecule has 0 bridgehead atoms. The number of piperidine rings is 1. The van der Waals surface area contributed by atoms with Crippen LogP contribution in [0, 0.1) is 5.92 Å². The predicted octanol–water partition coefficient (Wildman–Crippen LogP) is 1.92. The number of hydrogen-bond acceptors (Lipinski definition) is 3. The van der Waals surface area contributed by atoms with Gasteiger partial charge in [0.05, 0.1) is 12.5 Å². The van der Waals surface area contributed by atoms with E-state index in [1.54, 1.807) is 0 Å². The number of carbonyl (C=O) groups is 1. The second-order valence-electron chi connectivity index (χ2n) is 5.97. The number of likely N-dealkylation sites (tertiary alicyclic amines) is 1. The van der Waals surface area contributed by atoms with Crippen molar-refractivity contribution in [3.63, 3.8) is 0 Å². The Labute approximate surface area is 116 Å². The molecule has 0 radical (unpaired) electrons. The van der Waals surface area contributed by atoms with Crippen LogP contribution in [0.25, 0.3) is 0 Å². The summed E-state index contributed by atoms with van der Waals surface area (Å²) < 4.78 is 5.67. The Morgan fingerprint density at radius 1 is 1.37 bits per heavy atom. The van der Waals surface area contributed by atoms with Gasteiger partial charge in [0.25, 0.3) is 0 Å². The van der Waals surface area contributed by atoms with Gasteiger partial charge in [-0.15, -0.1) is 0 Å². The standard InChI is InChI=1S/C15H28N2O2/c1-2-12-6-7-17(13(9-12)11-16)15(18)10-14-5-3-4-8-19-14/h12-14H,2-11,16H2,1H3. The molecule has 0 aromatic carbocycles. The van der Waals surface area contributed by atoms with Gasteiger partial charge in [-0.25, -0.2) is 0 Å². The third-order valence-electron chi connectivity index (χ3n) is 4.67. The van der Waals surface area contributed by atoms with E-state index in [-0.39, 0.29) is 18.1 Å².